The Hall–Kier alpha value is -2.37. The average molecular weight is 330 g/mol. The number of amides is 2. The first kappa shape index (κ1) is 16.5. The van der Waals surface area contributed by atoms with E-state index < -0.39 is 5.97 Å². The SMILES string of the molecule is CC1CN(C(=O)c2ccc(NC(=O)C3CC3)cc2)CCC1C(=O)O. The van der Waals surface area contributed by atoms with Crippen LogP contribution in [-0.4, -0.2) is 40.9 Å². The minimum absolute atomic E-state index is 0.0404. The maximum atomic E-state index is 12.6. The summed E-state index contributed by atoms with van der Waals surface area (Å²) in [5.41, 5.74) is 1.25. The van der Waals surface area contributed by atoms with Gasteiger partial charge in [-0.3, -0.25) is 14.4 Å². The van der Waals surface area contributed by atoms with Gasteiger partial charge in [0.25, 0.3) is 5.91 Å². The molecule has 0 aromatic heterocycles. The van der Waals surface area contributed by atoms with Crippen molar-refractivity contribution in [1.29, 1.82) is 0 Å². The molecule has 2 atom stereocenters. The molecule has 0 bridgehead atoms. The van der Waals surface area contributed by atoms with Gasteiger partial charge < -0.3 is 15.3 Å². The van der Waals surface area contributed by atoms with E-state index in [9.17, 15) is 14.4 Å². The Morgan fingerprint density at radius 1 is 1.12 bits per heavy atom. The predicted molar refractivity (Wildman–Crippen MR) is 88.6 cm³/mol. The molecular weight excluding hydrogens is 308 g/mol. The van der Waals surface area contributed by atoms with Crippen molar-refractivity contribution in [3.05, 3.63) is 29.8 Å². The smallest absolute Gasteiger partial charge is 0.306 e. The number of aliphatic carboxylic acids is 1. The van der Waals surface area contributed by atoms with Gasteiger partial charge in [-0.1, -0.05) is 6.92 Å². The fourth-order valence-corrected chi connectivity index (χ4v) is 3.17. The first-order chi connectivity index (χ1) is 11.5. The van der Waals surface area contributed by atoms with E-state index in [-0.39, 0.29) is 29.6 Å². The molecule has 24 heavy (non-hydrogen) atoms. The summed E-state index contributed by atoms with van der Waals surface area (Å²) >= 11 is 0. The minimum Gasteiger partial charge on any atom is -0.481 e. The van der Waals surface area contributed by atoms with Crippen molar-refractivity contribution in [2.45, 2.75) is 26.2 Å². The van der Waals surface area contributed by atoms with Gasteiger partial charge >= 0.3 is 5.97 Å². The molecule has 1 aromatic rings. The Morgan fingerprint density at radius 3 is 2.33 bits per heavy atom. The van der Waals surface area contributed by atoms with E-state index in [0.29, 0.717) is 30.8 Å². The summed E-state index contributed by atoms with van der Waals surface area (Å²) in [6.07, 6.45) is 2.39. The number of rotatable bonds is 4. The van der Waals surface area contributed by atoms with Gasteiger partial charge in [0.15, 0.2) is 0 Å². The lowest BCUT2D eigenvalue weighted by atomic mass is 9.87. The Morgan fingerprint density at radius 2 is 1.79 bits per heavy atom. The van der Waals surface area contributed by atoms with Gasteiger partial charge in [-0.05, 0) is 49.4 Å². The van der Waals surface area contributed by atoms with Crippen LogP contribution in [0.25, 0.3) is 0 Å². The largest absolute Gasteiger partial charge is 0.481 e. The number of piperidine rings is 1. The summed E-state index contributed by atoms with van der Waals surface area (Å²) in [5.74, 6) is -1.13. The molecule has 2 amide bonds. The number of hydrogen-bond donors (Lipinski definition) is 2. The Kier molecular flexibility index (Phi) is 4.55. The lowest BCUT2D eigenvalue weighted by Crippen LogP contribution is -2.45. The molecule has 1 saturated heterocycles. The third-order valence-corrected chi connectivity index (χ3v) is 4.86. The fourth-order valence-electron chi connectivity index (χ4n) is 3.17. The molecule has 1 aliphatic heterocycles. The van der Waals surface area contributed by atoms with Gasteiger partial charge in [0.2, 0.25) is 5.91 Å². The highest BCUT2D eigenvalue weighted by molar-refractivity contribution is 5.97. The molecular formula is C18H22N2O4. The van der Waals surface area contributed by atoms with Crippen molar-refractivity contribution in [3.8, 4) is 0 Å². The van der Waals surface area contributed by atoms with Crippen LogP contribution >= 0.6 is 0 Å². The molecule has 6 nitrogen and oxygen atoms in total. The van der Waals surface area contributed by atoms with Crippen molar-refractivity contribution in [1.82, 2.24) is 4.90 Å². The zero-order valence-corrected chi connectivity index (χ0v) is 13.7. The molecule has 2 N–H and O–H groups in total. The fraction of sp³-hybridized carbons (Fsp3) is 0.500. The topological polar surface area (TPSA) is 86.7 Å². The molecule has 2 unspecified atom stereocenters. The number of carboxylic acids is 1. The zero-order chi connectivity index (χ0) is 17.3. The number of carbonyl (C=O) groups is 3. The second-order valence-corrected chi connectivity index (χ2v) is 6.80. The van der Waals surface area contributed by atoms with E-state index in [1.165, 1.54) is 0 Å². The predicted octanol–water partition coefficient (Wildman–Crippen LogP) is 2.22. The molecule has 0 spiro atoms. The highest BCUT2D eigenvalue weighted by Crippen LogP contribution is 2.30. The van der Waals surface area contributed by atoms with Crippen LogP contribution in [-0.2, 0) is 9.59 Å². The van der Waals surface area contributed by atoms with Crippen LogP contribution in [0.5, 0.6) is 0 Å². The van der Waals surface area contributed by atoms with Crippen LogP contribution in [0, 0.1) is 17.8 Å². The number of anilines is 1. The van der Waals surface area contributed by atoms with E-state index in [1.807, 2.05) is 6.92 Å². The van der Waals surface area contributed by atoms with E-state index in [0.717, 1.165) is 12.8 Å². The quantitative estimate of drug-likeness (QED) is 0.886. The van der Waals surface area contributed by atoms with Crippen LogP contribution in [0.3, 0.4) is 0 Å². The second-order valence-electron chi connectivity index (χ2n) is 6.80. The van der Waals surface area contributed by atoms with Gasteiger partial charge in [-0.25, -0.2) is 0 Å². The number of carbonyl (C=O) groups excluding carboxylic acids is 2. The first-order valence-electron chi connectivity index (χ1n) is 8.38. The number of hydrogen-bond acceptors (Lipinski definition) is 3. The average Bonchev–Trinajstić information content (AvgIpc) is 3.39. The number of nitrogens with one attached hydrogen (secondary N) is 1. The lowest BCUT2D eigenvalue weighted by molar-refractivity contribution is -0.145. The molecule has 6 heteroatoms. The Balaban J connectivity index is 1.60. The maximum Gasteiger partial charge on any atom is 0.306 e. The summed E-state index contributed by atoms with van der Waals surface area (Å²) in [6, 6.07) is 6.89. The molecule has 0 radical (unpaired) electrons. The molecule has 1 heterocycles. The molecule has 1 aromatic carbocycles. The Labute approximate surface area is 140 Å². The van der Waals surface area contributed by atoms with Crippen molar-refractivity contribution in [2.75, 3.05) is 18.4 Å². The third-order valence-electron chi connectivity index (χ3n) is 4.86. The molecule has 128 valence electrons. The van der Waals surface area contributed by atoms with Crippen LogP contribution in [0.1, 0.15) is 36.5 Å². The third kappa shape index (κ3) is 3.58. The van der Waals surface area contributed by atoms with E-state index >= 15 is 0 Å². The lowest BCUT2D eigenvalue weighted by Gasteiger charge is -2.35. The van der Waals surface area contributed by atoms with Crippen molar-refractivity contribution in [2.24, 2.45) is 17.8 Å². The van der Waals surface area contributed by atoms with Crippen molar-refractivity contribution < 1.29 is 19.5 Å². The van der Waals surface area contributed by atoms with E-state index in [1.54, 1.807) is 29.2 Å². The number of benzene rings is 1. The van der Waals surface area contributed by atoms with Crippen LogP contribution in [0.4, 0.5) is 5.69 Å². The highest BCUT2D eigenvalue weighted by Gasteiger charge is 2.33. The van der Waals surface area contributed by atoms with E-state index in [2.05, 4.69) is 5.32 Å². The molecule has 2 aliphatic rings. The van der Waals surface area contributed by atoms with Crippen LogP contribution in [0.2, 0.25) is 0 Å². The number of carboxylic acid groups (broad SMARTS) is 1. The zero-order valence-electron chi connectivity index (χ0n) is 13.7. The molecule has 1 aliphatic carbocycles. The molecule has 1 saturated carbocycles. The van der Waals surface area contributed by atoms with Gasteiger partial charge in [0.05, 0.1) is 5.92 Å². The summed E-state index contributed by atoms with van der Waals surface area (Å²) in [4.78, 5) is 37.2. The van der Waals surface area contributed by atoms with Gasteiger partial charge in [-0.2, -0.15) is 0 Å². The monoisotopic (exact) mass is 330 g/mol. The van der Waals surface area contributed by atoms with Crippen LogP contribution in [0.15, 0.2) is 24.3 Å². The number of likely N-dealkylation sites (tertiary alicyclic amines) is 1. The Bertz CT molecular complexity index is 651. The first-order valence-corrected chi connectivity index (χ1v) is 8.38. The summed E-state index contributed by atoms with van der Waals surface area (Å²) in [5, 5.41) is 12.0. The molecule has 2 fully saturated rings. The number of nitrogens with zero attached hydrogens (tertiary/aromatic N) is 1. The standard InChI is InChI=1S/C18H22N2O4/c1-11-10-20(9-8-15(11)18(23)24)17(22)13-4-6-14(7-5-13)19-16(21)12-2-3-12/h4-7,11-12,15H,2-3,8-10H2,1H3,(H,19,21)(H,23,24). The minimum atomic E-state index is -0.787. The van der Waals surface area contributed by atoms with Gasteiger partial charge in [-0.15, -0.1) is 0 Å². The van der Waals surface area contributed by atoms with Crippen LogP contribution < -0.4 is 5.32 Å². The van der Waals surface area contributed by atoms with Gasteiger partial charge in [0, 0.05) is 30.3 Å². The highest BCUT2D eigenvalue weighted by atomic mass is 16.4. The maximum absolute atomic E-state index is 12.6. The summed E-state index contributed by atoms with van der Waals surface area (Å²) in [7, 11) is 0. The summed E-state index contributed by atoms with van der Waals surface area (Å²) in [6.45, 7) is 2.78. The van der Waals surface area contributed by atoms with E-state index in [4.69, 9.17) is 5.11 Å². The molecule has 3 rings (SSSR count). The van der Waals surface area contributed by atoms with Gasteiger partial charge in [0.1, 0.15) is 0 Å². The normalized spacial score (nSPS) is 23.6. The van der Waals surface area contributed by atoms with Crippen molar-refractivity contribution in [3.63, 3.8) is 0 Å². The summed E-state index contributed by atoms with van der Waals surface area (Å²) < 4.78 is 0. The van der Waals surface area contributed by atoms with Crippen molar-refractivity contribution >= 4 is 23.5 Å². The second kappa shape index (κ2) is 6.63.